The average molecular weight is 226 g/mol. The van der Waals surface area contributed by atoms with Crippen LogP contribution >= 0.6 is 0 Å². The van der Waals surface area contributed by atoms with Crippen molar-refractivity contribution in [1.82, 2.24) is 0 Å². The van der Waals surface area contributed by atoms with E-state index in [0.717, 1.165) is 0 Å². The zero-order valence-corrected chi connectivity index (χ0v) is 9.59. The zero-order chi connectivity index (χ0) is 12.0. The van der Waals surface area contributed by atoms with Gasteiger partial charge in [0.25, 0.3) is 0 Å². The third-order valence-electron chi connectivity index (χ3n) is 3.09. The van der Waals surface area contributed by atoms with E-state index >= 15 is 0 Å². The van der Waals surface area contributed by atoms with Gasteiger partial charge in [-0.2, -0.15) is 0 Å². The fraction of sp³-hybridized carbons (Fsp3) is 0.667. The van der Waals surface area contributed by atoms with Crippen molar-refractivity contribution < 1.29 is 19.7 Å². The van der Waals surface area contributed by atoms with Crippen LogP contribution in [-0.2, 0) is 9.47 Å². The monoisotopic (exact) mass is 226 g/mol. The minimum Gasteiger partial charge on any atom is -0.386 e. The second-order valence-electron chi connectivity index (χ2n) is 4.83. The van der Waals surface area contributed by atoms with Gasteiger partial charge in [-0.25, -0.2) is 0 Å². The number of hydrogen-bond donors (Lipinski definition) is 2. The minimum atomic E-state index is -1.35. The molecule has 16 heavy (non-hydrogen) atoms. The molecule has 1 saturated heterocycles. The van der Waals surface area contributed by atoms with E-state index in [9.17, 15) is 10.2 Å². The molecule has 1 heterocycles. The second-order valence-corrected chi connectivity index (χ2v) is 4.83. The Labute approximate surface area is 95.2 Å². The van der Waals surface area contributed by atoms with Crippen molar-refractivity contribution in [2.45, 2.75) is 50.0 Å². The highest BCUT2D eigenvalue weighted by molar-refractivity contribution is 5.19. The summed E-state index contributed by atoms with van der Waals surface area (Å²) in [5.41, 5.74) is -1.35. The highest BCUT2D eigenvalue weighted by Gasteiger charge is 2.55. The lowest BCUT2D eigenvalue weighted by Crippen LogP contribution is -2.57. The van der Waals surface area contributed by atoms with Gasteiger partial charge in [0.15, 0.2) is 5.79 Å². The van der Waals surface area contributed by atoms with E-state index < -0.39 is 23.6 Å². The van der Waals surface area contributed by atoms with E-state index in [-0.39, 0.29) is 12.5 Å². The summed E-state index contributed by atoms with van der Waals surface area (Å²) < 4.78 is 11.3. The Morgan fingerprint density at radius 1 is 1.38 bits per heavy atom. The lowest BCUT2D eigenvalue weighted by molar-refractivity contribution is -0.186. The van der Waals surface area contributed by atoms with Crippen LogP contribution in [0.15, 0.2) is 24.8 Å². The van der Waals surface area contributed by atoms with E-state index in [1.54, 1.807) is 32.1 Å². The Kier molecular flexibility index (Phi) is 2.70. The highest BCUT2D eigenvalue weighted by atomic mass is 16.8. The Morgan fingerprint density at radius 3 is 2.69 bits per heavy atom. The van der Waals surface area contributed by atoms with Gasteiger partial charge >= 0.3 is 0 Å². The molecule has 0 spiro atoms. The molecule has 2 rings (SSSR count). The average Bonchev–Trinajstić information content (AvgIpc) is 2.50. The van der Waals surface area contributed by atoms with Gasteiger partial charge in [0, 0.05) is 0 Å². The van der Waals surface area contributed by atoms with Gasteiger partial charge in [-0.15, -0.1) is 6.58 Å². The van der Waals surface area contributed by atoms with Crippen molar-refractivity contribution in [3.8, 4) is 0 Å². The summed E-state index contributed by atoms with van der Waals surface area (Å²) in [6.07, 6.45) is 3.30. The molecule has 4 atom stereocenters. The molecule has 90 valence electrons. The van der Waals surface area contributed by atoms with Gasteiger partial charge in [-0.05, 0) is 20.3 Å². The minimum absolute atomic E-state index is 0.263. The van der Waals surface area contributed by atoms with Crippen LogP contribution < -0.4 is 0 Å². The van der Waals surface area contributed by atoms with Crippen LogP contribution in [0.2, 0.25) is 0 Å². The molecule has 0 unspecified atom stereocenters. The van der Waals surface area contributed by atoms with Gasteiger partial charge in [0.2, 0.25) is 0 Å². The summed E-state index contributed by atoms with van der Waals surface area (Å²) in [5.74, 6) is -0.737. The Balaban J connectivity index is 2.31. The Hall–Kier alpha value is -0.680. The van der Waals surface area contributed by atoms with Crippen molar-refractivity contribution in [2.24, 2.45) is 0 Å². The molecular weight excluding hydrogens is 208 g/mol. The topological polar surface area (TPSA) is 58.9 Å². The maximum absolute atomic E-state index is 10.5. The summed E-state index contributed by atoms with van der Waals surface area (Å²) in [4.78, 5) is 0. The van der Waals surface area contributed by atoms with Crippen molar-refractivity contribution in [1.29, 1.82) is 0 Å². The number of hydrogen-bond acceptors (Lipinski definition) is 4. The molecule has 4 heteroatoms. The number of aliphatic hydroxyl groups is 2. The molecule has 0 aromatic rings. The predicted octanol–water partition coefficient (Wildman–Crippen LogP) is 0.744. The van der Waals surface area contributed by atoms with Crippen molar-refractivity contribution in [2.75, 3.05) is 0 Å². The van der Waals surface area contributed by atoms with E-state index in [2.05, 4.69) is 6.58 Å². The summed E-state index contributed by atoms with van der Waals surface area (Å²) in [7, 11) is 0. The lowest BCUT2D eigenvalue weighted by Gasteiger charge is -2.39. The van der Waals surface area contributed by atoms with Crippen LogP contribution in [0, 0.1) is 0 Å². The molecule has 1 aliphatic heterocycles. The molecular formula is C12H18O4. The fourth-order valence-electron chi connectivity index (χ4n) is 2.33. The van der Waals surface area contributed by atoms with Crippen molar-refractivity contribution in [3.05, 3.63) is 24.8 Å². The van der Waals surface area contributed by atoms with E-state index in [0.29, 0.717) is 0 Å². The van der Waals surface area contributed by atoms with Gasteiger partial charge in [0.05, 0.1) is 0 Å². The largest absolute Gasteiger partial charge is 0.386 e. The van der Waals surface area contributed by atoms with Crippen LogP contribution in [0.25, 0.3) is 0 Å². The maximum Gasteiger partial charge on any atom is 0.164 e. The van der Waals surface area contributed by atoms with Gasteiger partial charge < -0.3 is 19.7 Å². The molecule has 1 fully saturated rings. The number of rotatable bonds is 2. The van der Waals surface area contributed by atoms with Gasteiger partial charge in [0.1, 0.15) is 23.9 Å². The molecule has 4 nitrogen and oxygen atoms in total. The smallest absolute Gasteiger partial charge is 0.164 e. The molecule has 0 aromatic heterocycles. The first-order chi connectivity index (χ1) is 7.39. The summed E-state index contributed by atoms with van der Waals surface area (Å²) >= 11 is 0. The van der Waals surface area contributed by atoms with Gasteiger partial charge in [-0.3, -0.25) is 0 Å². The summed E-state index contributed by atoms with van der Waals surface area (Å²) in [6, 6.07) is 0. The van der Waals surface area contributed by atoms with Crippen LogP contribution in [0.4, 0.5) is 0 Å². The maximum atomic E-state index is 10.5. The quantitative estimate of drug-likeness (QED) is 0.682. The van der Waals surface area contributed by atoms with Crippen LogP contribution in [0.3, 0.4) is 0 Å². The normalized spacial score (nSPS) is 45.4. The first-order valence-corrected chi connectivity index (χ1v) is 5.44. The molecule has 1 aliphatic carbocycles. The summed E-state index contributed by atoms with van der Waals surface area (Å²) in [6.45, 7) is 7.18. The van der Waals surface area contributed by atoms with Gasteiger partial charge in [-0.1, -0.05) is 18.2 Å². The van der Waals surface area contributed by atoms with Crippen LogP contribution in [-0.4, -0.2) is 39.9 Å². The highest BCUT2D eigenvalue weighted by Crippen LogP contribution is 2.40. The molecule has 0 radical (unpaired) electrons. The van der Waals surface area contributed by atoms with Crippen molar-refractivity contribution >= 4 is 0 Å². The third-order valence-corrected chi connectivity index (χ3v) is 3.09. The van der Waals surface area contributed by atoms with E-state index in [1.807, 2.05) is 0 Å². The molecule has 0 bridgehead atoms. The molecule has 2 aliphatic rings. The number of fused-ring (bicyclic) bond motifs is 1. The Morgan fingerprint density at radius 2 is 2.06 bits per heavy atom. The van der Waals surface area contributed by atoms with E-state index in [1.165, 1.54) is 0 Å². The number of aliphatic hydroxyl groups excluding tert-OH is 1. The Bertz CT molecular complexity index is 323. The number of ether oxygens (including phenoxy) is 2. The SMILES string of the molecule is C=CC[C@]1(O)[C@H](O)C=C[C@@H]2OC(C)(C)O[C@@H]21. The zero-order valence-electron chi connectivity index (χ0n) is 9.59. The molecule has 0 aromatic carbocycles. The second kappa shape index (κ2) is 3.67. The molecule has 0 amide bonds. The van der Waals surface area contributed by atoms with E-state index in [4.69, 9.17) is 9.47 Å². The standard InChI is InChI=1S/C12H18O4/c1-4-7-12(14)9(13)6-5-8-10(12)16-11(2,3)15-8/h4-6,8-10,13-14H,1,7H2,2-3H3/t8-,9+,10-,12-/m0/s1. The molecule has 2 N–H and O–H groups in total. The van der Waals surface area contributed by atoms with Crippen molar-refractivity contribution in [3.63, 3.8) is 0 Å². The lowest BCUT2D eigenvalue weighted by atomic mass is 9.80. The van der Waals surface area contributed by atoms with Crippen LogP contribution in [0.1, 0.15) is 20.3 Å². The fourth-order valence-corrected chi connectivity index (χ4v) is 2.33. The first kappa shape index (κ1) is 11.8. The van der Waals surface area contributed by atoms with Crippen LogP contribution in [0.5, 0.6) is 0 Å². The molecule has 0 saturated carbocycles. The first-order valence-electron chi connectivity index (χ1n) is 5.44. The summed E-state index contributed by atoms with van der Waals surface area (Å²) in [5, 5.41) is 20.3. The predicted molar refractivity (Wildman–Crippen MR) is 58.7 cm³/mol. The third kappa shape index (κ3) is 1.72.